The van der Waals surface area contributed by atoms with E-state index >= 15 is 0 Å². The van der Waals surface area contributed by atoms with E-state index in [-0.39, 0.29) is 22.2 Å². The van der Waals surface area contributed by atoms with Crippen molar-refractivity contribution in [1.82, 2.24) is 9.13 Å². The van der Waals surface area contributed by atoms with E-state index in [2.05, 4.69) is 120 Å². The predicted molar refractivity (Wildman–Crippen MR) is 341 cm³/mol. The Balaban J connectivity index is 1.10. The average molecular weight is 1080 g/mol. The third-order valence-electron chi connectivity index (χ3n) is 15.7. The van der Waals surface area contributed by atoms with Crippen LogP contribution in [0.4, 0.5) is 34.1 Å². The highest BCUT2D eigenvalue weighted by Gasteiger charge is 2.22. The third kappa shape index (κ3) is 11.4. The lowest BCUT2D eigenvalue weighted by Gasteiger charge is -2.25. The molecule has 0 fully saturated rings. The maximum atomic E-state index is 14.5. The van der Waals surface area contributed by atoms with Crippen LogP contribution >= 0.6 is 0 Å². The van der Waals surface area contributed by atoms with Gasteiger partial charge in [-0.2, -0.15) is 0 Å². The second kappa shape index (κ2) is 25.3. The van der Waals surface area contributed by atoms with E-state index in [1.807, 2.05) is 121 Å². The molecule has 0 aliphatic rings. The molecule has 0 saturated carbocycles. The molecule has 8 heteroatoms. The predicted octanol–water partition coefficient (Wildman–Crippen LogP) is 16.7. The molecule has 0 radical (unpaired) electrons. The molecule has 2 aromatic heterocycles. The number of nitrogens with zero attached hydrogens (tertiary/aromatic N) is 4. The Labute approximate surface area is 479 Å². The molecule has 0 spiro atoms. The average Bonchev–Trinajstić information content (AvgIpc) is 3.96. The van der Waals surface area contributed by atoms with Crippen LogP contribution in [0, 0.1) is 23.7 Å². The fraction of sp³-hybridized carbons (Fsp3) is 0.216. The van der Waals surface area contributed by atoms with Crippen LogP contribution in [0.3, 0.4) is 0 Å². The maximum absolute atomic E-state index is 14.5. The second-order valence-electron chi connectivity index (χ2n) is 21.3. The van der Waals surface area contributed by atoms with Gasteiger partial charge in [0.15, 0.2) is 0 Å². The van der Waals surface area contributed by atoms with E-state index in [1.165, 1.54) is 9.13 Å². The lowest BCUT2D eigenvalue weighted by atomic mass is 9.89. The fourth-order valence-electron chi connectivity index (χ4n) is 11.4. The van der Waals surface area contributed by atoms with E-state index in [0.29, 0.717) is 67.3 Å². The van der Waals surface area contributed by atoms with Crippen molar-refractivity contribution in [2.45, 2.75) is 104 Å². The number of unbranched alkanes of at least 4 members (excludes halogenated alkanes) is 10. The van der Waals surface area contributed by atoms with E-state index in [1.54, 1.807) is 0 Å². The number of anilines is 6. The van der Waals surface area contributed by atoms with Crippen molar-refractivity contribution in [3.63, 3.8) is 0 Å². The summed E-state index contributed by atoms with van der Waals surface area (Å²) in [7, 11) is 0. The third-order valence-corrected chi connectivity index (χ3v) is 15.7. The van der Waals surface area contributed by atoms with Crippen LogP contribution in [0.2, 0.25) is 0 Å². The molecule has 0 aliphatic carbocycles. The zero-order chi connectivity index (χ0) is 56.4. The van der Waals surface area contributed by atoms with E-state index < -0.39 is 0 Å². The molecule has 0 N–H and O–H groups in total. The normalized spacial score (nSPS) is 11.2. The largest absolute Gasteiger partial charge is 0.311 e. The molecule has 0 atom stereocenters. The van der Waals surface area contributed by atoms with Gasteiger partial charge in [0.25, 0.3) is 22.2 Å². The fourth-order valence-corrected chi connectivity index (χ4v) is 11.4. The van der Waals surface area contributed by atoms with Gasteiger partial charge in [-0.05, 0) is 134 Å². The van der Waals surface area contributed by atoms with Crippen molar-refractivity contribution >= 4 is 77.2 Å². The number of rotatable bonds is 20. The first kappa shape index (κ1) is 54.5. The summed E-state index contributed by atoms with van der Waals surface area (Å²) in [6.07, 6.45) is 12.2. The number of hydrogen-bond acceptors (Lipinski definition) is 6. The number of benzene rings is 9. The van der Waals surface area contributed by atoms with Crippen molar-refractivity contribution in [1.29, 1.82) is 0 Å². The van der Waals surface area contributed by atoms with Gasteiger partial charge in [0, 0.05) is 91.0 Å². The first-order chi connectivity index (χ1) is 40.3. The Kier molecular flexibility index (Phi) is 16.8. The quantitative estimate of drug-likeness (QED) is 0.0429. The molecule has 82 heavy (non-hydrogen) atoms. The molecule has 0 aliphatic heterocycles. The first-order valence-corrected chi connectivity index (χ1v) is 29.2. The smallest absolute Gasteiger partial charge is 0.261 e. The standard InChI is InChI=1S/C74H66N4O4/c1-3-5-7-9-11-25-47-75-71(79)67-49-63-61(45-39-53-35-41-59(42-36-53)77(55-27-17-13-18-28-55)56-29-19-14-20-30-56)65-51-69-70(74(82)76(73(69)81)48-26-12-10-8-6-4-2)52-66(65)62(64(63)50-68(67)72(75)80)46-40-54-37-43-60(44-38-54)78(57-31-21-15-22-32-57)58-33-23-16-24-34-58/h13-24,27-38,41-44,49-52H,3-12,25-26,47-48H2,1-2H3. The monoisotopic (exact) mass is 1070 g/mol. The molecule has 8 nitrogen and oxygen atoms in total. The van der Waals surface area contributed by atoms with Gasteiger partial charge in [-0.25, -0.2) is 0 Å². The van der Waals surface area contributed by atoms with Gasteiger partial charge < -0.3 is 9.80 Å². The van der Waals surface area contributed by atoms with Gasteiger partial charge >= 0.3 is 0 Å². The summed E-state index contributed by atoms with van der Waals surface area (Å²) in [6, 6.07) is 64.3. The zero-order valence-corrected chi connectivity index (χ0v) is 46.8. The summed E-state index contributed by atoms with van der Waals surface area (Å²) in [4.78, 5) is 62.3. The van der Waals surface area contributed by atoms with Gasteiger partial charge in [0.1, 0.15) is 0 Å². The molecule has 406 valence electrons. The summed E-state index contributed by atoms with van der Waals surface area (Å²) < 4.78 is 2.77. The van der Waals surface area contributed by atoms with Crippen molar-refractivity contribution in [3.8, 4) is 23.7 Å². The lowest BCUT2D eigenvalue weighted by molar-refractivity contribution is 0.547. The van der Waals surface area contributed by atoms with E-state index in [4.69, 9.17) is 0 Å². The lowest BCUT2D eigenvalue weighted by Crippen LogP contribution is -2.25. The summed E-state index contributed by atoms with van der Waals surface area (Å²) in [6.45, 7) is 5.02. The SMILES string of the molecule is CCCCCCCCn1c(=O)c2cc3c(C#Cc4ccc(N(c5ccccc5)c5ccccc5)cc4)c4cc5c(=O)n(CCCCCCCC)c(=O)c5cc4c(C#Cc4ccc(N(c5ccccc5)c5ccccc5)cc4)c3cc2c1=O. The summed E-state index contributed by atoms with van der Waals surface area (Å²) in [5.41, 5.74) is 7.24. The minimum atomic E-state index is -0.334. The molecular formula is C74H66N4O4. The Morgan fingerprint density at radius 2 is 0.549 bits per heavy atom. The van der Waals surface area contributed by atoms with Crippen LogP contribution in [-0.2, 0) is 13.1 Å². The van der Waals surface area contributed by atoms with Crippen molar-refractivity contribution < 1.29 is 0 Å². The number of fused-ring (bicyclic) bond motifs is 4. The Morgan fingerprint density at radius 3 is 0.829 bits per heavy atom. The molecule has 0 bridgehead atoms. The molecular weight excluding hydrogens is 1010 g/mol. The molecule has 9 aromatic carbocycles. The van der Waals surface area contributed by atoms with Gasteiger partial charge in [-0.1, -0.05) is 175 Å². The number of hydrogen-bond donors (Lipinski definition) is 0. The Morgan fingerprint density at radius 1 is 0.293 bits per heavy atom. The molecule has 0 saturated heterocycles. The van der Waals surface area contributed by atoms with Crippen LogP contribution in [0.25, 0.3) is 43.1 Å². The molecule has 2 heterocycles. The van der Waals surface area contributed by atoms with Gasteiger partial charge in [0.2, 0.25) is 0 Å². The molecule has 0 amide bonds. The number of para-hydroxylation sites is 4. The Hall–Kier alpha value is -9.50. The van der Waals surface area contributed by atoms with Crippen molar-refractivity contribution in [2.75, 3.05) is 9.80 Å². The molecule has 0 unspecified atom stereocenters. The van der Waals surface area contributed by atoms with Crippen LogP contribution < -0.4 is 32.0 Å². The Bertz CT molecular complexity index is 3900. The van der Waals surface area contributed by atoms with Gasteiger partial charge in [-0.15, -0.1) is 0 Å². The minimum Gasteiger partial charge on any atom is -0.311 e. The zero-order valence-electron chi connectivity index (χ0n) is 46.8. The minimum absolute atomic E-state index is 0.311. The highest BCUT2D eigenvalue weighted by atomic mass is 16.2. The first-order valence-electron chi connectivity index (χ1n) is 29.2. The summed E-state index contributed by atoms with van der Waals surface area (Å²) in [5, 5.41) is 3.74. The highest BCUT2D eigenvalue weighted by molar-refractivity contribution is 6.16. The van der Waals surface area contributed by atoms with Crippen LogP contribution in [0.5, 0.6) is 0 Å². The highest BCUT2D eigenvalue weighted by Crippen LogP contribution is 2.38. The van der Waals surface area contributed by atoms with Crippen molar-refractivity contribution in [2.24, 2.45) is 0 Å². The summed E-state index contributed by atoms with van der Waals surface area (Å²) in [5.74, 6) is 14.0. The van der Waals surface area contributed by atoms with E-state index in [0.717, 1.165) is 122 Å². The molecule has 11 rings (SSSR count). The number of aromatic nitrogens is 2. The van der Waals surface area contributed by atoms with Crippen LogP contribution in [0.1, 0.15) is 113 Å². The topological polar surface area (TPSA) is 84.6 Å². The maximum Gasteiger partial charge on any atom is 0.261 e. The molecule has 11 aromatic rings. The van der Waals surface area contributed by atoms with Crippen molar-refractivity contribution in [3.05, 3.63) is 258 Å². The van der Waals surface area contributed by atoms with E-state index in [9.17, 15) is 19.2 Å². The van der Waals surface area contributed by atoms with Gasteiger partial charge in [-0.3, -0.25) is 28.3 Å². The second-order valence-corrected chi connectivity index (χ2v) is 21.3. The summed E-state index contributed by atoms with van der Waals surface area (Å²) >= 11 is 0. The van der Waals surface area contributed by atoms with Crippen LogP contribution in [-0.4, -0.2) is 9.13 Å². The van der Waals surface area contributed by atoms with Gasteiger partial charge in [0.05, 0.1) is 21.5 Å². The van der Waals surface area contributed by atoms with Crippen LogP contribution in [0.15, 0.2) is 213 Å².